The molecule has 0 unspecified atom stereocenters. The summed E-state index contributed by atoms with van der Waals surface area (Å²) < 4.78 is 48.4. The summed E-state index contributed by atoms with van der Waals surface area (Å²) in [5.41, 5.74) is -0.784. The van der Waals surface area contributed by atoms with Gasteiger partial charge in [0.25, 0.3) is 0 Å². The number of amides is 1. The Morgan fingerprint density at radius 1 is 1.12 bits per heavy atom. The van der Waals surface area contributed by atoms with Gasteiger partial charge in [-0.2, -0.15) is 13.2 Å². The molecule has 1 rings (SSSR count). The van der Waals surface area contributed by atoms with Crippen LogP contribution in [0.15, 0.2) is 24.3 Å². The fourth-order valence-corrected chi connectivity index (χ4v) is 2.04. The SMILES string of the molecule is COCCOCCC(=O)NCC(C)(C)c1cccc(C(F)(F)F)c1. The molecule has 136 valence electrons. The zero-order chi connectivity index (χ0) is 18.2. The normalized spacial score (nSPS) is 12.2. The van der Waals surface area contributed by atoms with Crippen LogP contribution in [0.4, 0.5) is 13.2 Å². The summed E-state index contributed by atoms with van der Waals surface area (Å²) in [7, 11) is 1.56. The summed E-state index contributed by atoms with van der Waals surface area (Å²) in [6.07, 6.45) is -4.18. The van der Waals surface area contributed by atoms with Crippen LogP contribution < -0.4 is 5.32 Å². The molecule has 1 amide bonds. The number of carbonyl (C=O) groups is 1. The van der Waals surface area contributed by atoms with Crippen LogP contribution in [-0.2, 0) is 25.9 Å². The van der Waals surface area contributed by atoms with Crippen LogP contribution in [0.25, 0.3) is 0 Å². The molecule has 0 aliphatic heterocycles. The number of methoxy groups -OCH3 is 1. The fourth-order valence-electron chi connectivity index (χ4n) is 2.04. The first-order valence-corrected chi connectivity index (χ1v) is 7.68. The number of hydrogen-bond acceptors (Lipinski definition) is 3. The van der Waals surface area contributed by atoms with Crippen molar-refractivity contribution >= 4 is 5.91 Å². The van der Waals surface area contributed by atoms with Crippen LogP contribution >= 0.6 is 0 Å². The summed E-state index contributed by atoms with van der Waals surface area (Å²) >= 11 is 0. The largest absolute Gasteiger partial charge is 0.416 e. The van der Waals surface area contributed by atoms with E-state index in [9.17, 15) is 18.0 Å². The quantitative estimate of drug-likeness (QED) is 0.698. The Morgan fingerprint density at radius 2 is 1.79 bits per heavy atom. The van der Waals surface area contributed by atoms with Crippen LogP contribution in [0.2, 0.25) is 0 Å². The summed E-state index contributed by atoms with van der Waals surface area (Å²) in [5.74, 6) is -0.201. The predicted molar refractivity (Wildman–Crippen MR) is 84.8 cm³/mol. The first-order chi connectivity index (χ1) is 11.2. The Labute approximate surface area is 140 Å². The molecule has 0 atom stereocenters. The number of hydrogen-bond donors (Lipinski definition) is 1. The van der Waals surface area contributed by atoms with Gasteiger partial charge in [-0.15, -0.1) is 0 Å². The molecule has 0 aliphatic rings. The highest BCUT2D eigenvalue weighted by atomic mass is 19.4. The molecule has 0 saturated carbocycles. The van der Waals surface area contributed by atoms with E-state index in [0.29, 0.717) is 18.8 Å². The number of halogens is 3. The lowest BCUT2D eigenvalue weighted by Crippen LogP contribution is -2.37. The van der Waals surface area contributed by atoms with Gasteiger partial charge in [-0.1, -0.05) is 32.0 Å². The Bertz CT molecular complexity index is 530. The summed E-state index contributed by atoms with van der Waals surface area (Å²) in [6, 6.07) is 5.18. The molecule has 0 aromatic heterocycles. The maximum atomic E-state index is 12.8. The van der Waals surface area contributed by atoms with Crippen molar-refractivity contribution in [2.75, 3.05) is 33.5 Å². The smallest absolute Gasteiger partial charge is 0.382 e. The van der Waals surface area contributed by atoms with Crippen molar-refractivity contribution in [2.45, 2.75) is 31.9 Å². The van der Waals surface area contributed by atoms with E-state index in [0.717, 1.165) is 12.1 Å². The van der Waals surface area contributed by atoms with Crippen LogP contribution in [0.3, 0.4) is 0 Å². The van der Waals surface area contributed by atoms with E-state index in [1.54, 1.807) is 27.0 Å². The molecule has 0 heterocycles. The molecule has 4 nitrogen and oxygen atoms in total. The minimum Gasteiger partial charge on any atom is -0.382 e. The second-order valence-electron chi connectivity index (χ2n) is 6.09. The second-order valence-corrected chi connectivity index (χ2v) is 6.09. The number of alkyl halides is 3. The third-order valence-corrected chi connectivity index (χ3v) is 3.60. The van der Waals surface area contributed by atoms with Crippen LogP contribution in [0, 0.1) is 0 Å². The maximum Gasteiger partial charge on any atom is 0.416 e. The van der Waals surface area contributed by atoms with E-state index >= 15 is 0 Å². The van der Waals surface area contributed by atoms with E-state index in [1.165, 1.54) is 6.07 Å². The standard InChI is InChI=1S/C17H24F3NO3/c1-16(2,12-21-15(22)7-8-24-10-9-23-3)13-5-4-6-14(11-13)17(18,19)20/h4-6,11H,7-10,12H2,1-3H3,(H,21,22). The molecule has 1 aromatic rings. The summed E-state index contributed by atoms with van der Waals surface area (Å²) in [6.45, 7) is 4.98. The predicted octanol–water partition coefficient (Wildman–Crippen LogP) is 3.15. The van der Waals surface area contributed by atoms with Gasteiger partial charge in [-0.25, -0.2) is 0 Å². The van der Waals surface area contributed by atoms with Gasteiger partial charge in [0, 0.05) is 25.5 Å². The number of ether oxygens (including phenoxy) is 2. The van der Waals surface area contributed by atoms with Gasteiger partial charge in [0.1, 0.15) is 0 Å². The second kappa shape index (κ2) is 9.03. The van der Waals surface area contributed by atoms with Crippen molar-refractivity contribution in [3.8, 4) is 0 Å². The number of benzene rings is 1. The van der Waals surface area contributed by atoms with Crippen molar-refractivity contribution in [2.24, 2.45) is 0 Å². The minimum atomic E-state index is -4.38. The highest BCUT2D eigenvalue weighted by Crippen LogP contribution is 2.32. The zero-order valence-corrected chi connectivity index (χ0v) is 14.2. The van der Waals surface area contributed by atoms with E-state index in [1.807, 2.05) is 0 Å². The average molecular weight is 347 g/mol. The lowest BCUT2D eigenvalue weighted by Gasteiger charge is -2.26. The van der Waals surface area contributed by atoms with Gasteiger partial charge in [-0.05, 0) is 11.6 Å². The lowest BCUT2D eigenvalue weighted by atomic mass is 9.83. The molecule has 0 saturated heterocycles. The van der Waals surface area contributed by atoms with Crippen LogP contribution in [0.5, 0.6) is 0 Å². The molecule has 0 aliphatic carbocycles. The van der Waals surface area contributed by atoms with Crippen molar-refractivity contribution < 1.29 is 27.4 Å². The Kier molecular flexibility index (Phi) is 7.69. The molecule has 0 radical (unpaired) electrons. The Balaban J connectivity index is 2.53. The average Bonchev–Trinajstić information content (AvgIpc) is 2.52. The fraction of sp³-hybridized carbons (Fsp3) is 0.588. The van der Waals surface area contributed by atoms with E-state index in [4.69, 9.17) is 9.47 Å². The third-order valence-electron chi connectivity index (χ3n) is 3.60. The topological polar surface area (TPSA) is 47.6 Å². The van der Waals surface area contributed by atoms with Crippen molar-refractivity contribution in [3.05, 3.63) is 35.4 Å². The molecule has 0 fully saturated rings. The third kappa shape index (κ3) is 6.88. The van der Waals surface area contributed by atoms with E-state index in [-0.39, 0.29) is 25.5 Å². The Morgan fingerprint density at radius 3 is 2.42 bits per heavy atom. The van der Waals surface area contributed by atoms with E-state index < -0.39 is 17.2 Å². The highest BCUT2D eigenvalue weighted by molar-refractivity contribution is 5.76. The van der Waals surface area contributed by atoms with Gasteiger partial charge in [0.05, 0.1) is 25.4 Å². The molecule has 0 bridgehead atoms. The van der Waals surface area contributed by atoms with Gasteiger partial charge < -0.3 is 14.8 Å². The molecular weight excluding hydrogens is 323 g/mol. The number of nitrogens with one attached hydrogen (secondary N) is 1. The minimum absolute atomic E-state index is 0.197. The molecule has 7 heteroatoms. The van der Waals surface area contributed by atoms with Crippen molar-refractivity contribution in [1.82, 2.24) is 5.32 Å². The zero-order valence-electron chi connectivity index (χ0n) is 14.2. The number of carbonyl (C=O) groups excluding carboxylic acids is 1. The van der Waals surface area contributed by atoms with Crippen LogP contribution in [-0.4, -0.2) is 39.4 Å². The van der Waals surface area contributed by atoms with Crippen LogP contribution in [0.1, 0.15) is 31.4 Å². The summed E-state index contributed by atoms with van der Waals surface area (Å²) in [4.78, 5) is 11.8. The maximum absolute atomic E-state index is 12.8. The van der Waals surface area contributed by atoms with Gasteiger partial charge in [-0.3, -0.25) is 4.79 Å². The first-order valence-electron chi connectivity index (χ1n) is 7.68. The molecule has 1 N–H and O–H groups in total. The monoisotopic (exact) mass is 347 g/mol. The summed E-state index contributed by atoms with van der Waals surface area (Å²) in [5, 5.41) is 2.74. The molecule has 1 aromatic carbocycles. The highest BCUT2D eigenvalue weighted by Gasteiger charge is 2.32. The molecule has 24 heavy (non-hydrogen) atoms. The lowest BCUT2D eigenvalue weighted by molar-refractivity contribution is -0.137. The van der Waals surface area contributed by atoms with Crippen molar-refractivity contribution in [1.29, 1.82) is 0 Å². The number of rotatable bonds is 9. The molecular formula is C17H24F3NO3. The van der Waals surface area contributed by atoms with Gasteiger partial charge in [0.2, 0.25) is 5.91 Å². The van der Waals surface area contributed by atoms with Crippen molar-refractivity contribution in [3.63, 3.8) is 0 Å². The van der Waals surface area contributed by atoms with Gasteiger partial charge >= 0.3 is 6.18 Å². The van der Waals surface area contributed by atoms with E-state index in [2.05, 4.69) is 5.32 Å². The Hall–Kier alpha value is -1.60. The first kappa shape index (κ1) is 20.4. The molecule has 0 spiro atoms. The van der Waals surface area contributed by atoms with Gasteiger partial charge in [0.15, 0.2) is 0 Å².